The number of carbonyl (C=O) groups excluding carboxylic acids is 2. The van der Waals surface area contributed by atoms with Crippen molar-refractivity contribution in [2.24, 2.45) is 0 Å². The molecule has 83 valence electrons. The molecule has 0 aromatic heterocycles. The van der Waals surface area contributed by atoms with Gasteiger partial charge in [-0.3, -0.25) is 9.59 Å². The predicted octanol–water partition coefficient (Wildman–Crippen LogP) is 2.32. The van der Waals surface area contributed by atoms with Crippen LogP contribution in [0.1, 0.15) is 52.5 Å². The van der Waals surface area contributed by atoms with E-state index in [1.165, 1.54) is 0 Å². The van der Waals surface area contributed by atoms with Gasteiger partial charge in [0.1, 0.15) is 0 Å². The first kappa shape index (κ1) is 10.9. The van der Waals surface area contributed by atoms with Crippen LogP contribution in [0.15, 0.2) is 18.2 Å². The summed E-state index contributed by atoms with van der Waals surface area (Å²) in [6, 6.07) is 5.42. The van der Waals surface area contributed by atoms with Gasteiger partial charge in [-0.15, -0.1) is 0 Å². The summed E-state index contributed by atoms with van der Waals surface area (Å²) in [6.07, 6.45) is 4.19. The molecule has 0 fully saturated rings. The Labute approximate surface area is 94.9 Å². The normalized spacial score (nSPS) is 13.8. The highest BCUT2D eigenvalue weighted by atomic mass is 16.2. The Balaban J connectivity index is 2.27. The Morgan fingerprint density at radius 2 is 1.94 bits per heavy atom. The molecule has 0 atom stereocenters. The summed E-state index contributed by atoms with van der Waals surface area (Å²) < 4.78 is 0. The van der Waals surface area contributed by atoms with Crippen molar-refractivity contribution in [3.63, 3.8) is 0 Å². The second-order valence-corrected chi connectivity index (χ2v) is 4.02. The van der Waals surface area contributed by atoms with E-state index in [-0.39, 0.29) is 5.91 Å². The quantitative estimate of drug-likeness (QED) is 0.572. The SMILES string of the molecule is CCCCCc1cccc2c1C(=O)[N]C2=O. The lowest BCUT2D eigenvalue weighted by Gasteiger charge is -2.04. The van der Waals surface area contributed by atoms with Crippen molar-refractivity contribution in [2.75, 3.05) is 0 Å². The number of hydrogen-bond acceptors (Lipinski definition) is 2. The Kier molecular flexibility index (Phi) is 3.04. The average molecular weight is 216 g/mol. The number of carbonyl (C=O) groups is 2. The van der Waals surface area contributed by atoms with Crippen molar-refractivity contribution in [3.8, 4) is 0 Å². The number of rotatable bonds is 4. The molecule has 3 heteroatoms. The lowest BCUT2D eigenvalue weighted by molar-refractivity contribution is 0.0873. The van der Waals surface area contributed by atoms with Crippen molar-refractivity contribution >= 4 is 11.8 Å². The zero-order chi connectivity index (χ0) is 11.5. The molecule has 0 saturated heterocycles. The number of aryl methyl sites for hydroxylation is 1. The van der Waals surface area contributed by atoms with Gasteiger partial charge in [0, 0.05) is 0 Å². The minimum atomic E-state index is -0.391. The molecule has 0 bridgehead atoms. The molecule has 1 heterocycles. The van der Waals surface area contributed by atoms with Gasteiger partial charge in [-0.25, -0.2) is 0 Å². The van der Waals surface area contributed by atoms with Gasteiger partial charge in [0.2, 0.25) is 0 Å². The molecular weight excluding hydrogens is 202 g/mol. The number of benzene rings is 1. The molecule has 1 aromatic rings. The van der Waals surface area contributed by atoms with Gasteiger partial charge in [-0.1, -0.05) is 31.9 Å². The summed E-state index contributed by atoms with van der Waals surface area (Å²) >= 11 is 0. The highest BCUT2D eigenvalue weighted by Gasteiger charge is 2.30. The highest BCUT2D eigenvalue weighted by Crippen LogP contribution is 2.22. The van der Waals surface area contributed by atoms with Crippen LogP contribution in [0.5, 0.6) is 0 Å². The van der Waals surface area contributed by atoms with E-state index in [9.17, 15) is 9.59 Å². The molecule has 3 nitrogen and oxygen atoms in total. The maximum atomic E-state index is 11.5. The van der Waals surface area contributed by atoms with E-state index >= 15 is 0 Å². The monoisotopic (exact) mass is 216 g/mol. The van der Waals surface area contributed by atoms with Crippen LogP contribution >= 0.6 is 0 Å². The van der Waals surface area contributed by atoms with E-state index in [4.69, 9.17) is 0 Å². The van der Waals surface area contributed by atoms with Gasteiger partial charge < -0.3 is 0 Å². The Morgan fingerprint density at radius 1 is 1.12 bits per heavy atom. The van der Waals surface area contributed by atoms with Crippen molar-refractivity contribution < 1.29 is 9.59 Å². The lowest BCUT2D eigenvalue weighted by Crippen LogP contribution is -2.11. The van der Waals surface area contributed by atoms with Crippen molar-refractivity contribution in [1.82, 2.24) is 5.32 Å². The van der Waals surface area contributed by atoms with Crippen LogP contribution < -0.4 is 5.32 Å². The van der Waals surface area contributed by atoms with Gasteiger partial charge in [0.05, 0.1) is 11.1 Å². The minimum absolute atomic E-state index is 0.368. The largest absolute Gasteiger partial charge is 0.281 e. The molecule has 0 spiro atoms. The van der Waals surface area contributed by atoms with Gasteiger partial charge in [-0.2, -0.15) is 5.32 Å². The van der Waals surface area contributed by atoms with Crippen LogP contribution in [-0.4, -0.2) is 11.8 Å². The summed E-state index contributed by atoms with van der Waals surface area (Å²) in [5.74, 6) is -0.760. The minimum Gasteiger partial charge on any atom is -0.267 e. The third kappa shape index (κ3) is 1.85. The zero-order valence-electron chi connectivity index (χ0n) is 9.32. The topological polar surface area (TPSA) is 48.2 Å². The van der Waals surface area contributed by atoms with E-state index in [0.29, 0.717) is 11.1 Å². The van der Waals surface area contributed by atoms with E-state index in [0.717, 1.165) is 31.2 Å². The standard InChI is InChI=1S/C13H14NO2/c1-2-3-4-6-9-7-5-8-10-11(9)13(16)14-12(10)15/h5,7-8H,2-4,6H2,1H3. The zero-order valence-corrected chi connectivity index (χ0v) is 9.32. The van der Waals surface area contributed by atoms with Crippen LogP contribution in [-0.2, 0) is 6.42 Å². The van der Waals surface area contributed by atoms with E-state index in [2.05, 4.69) is 12.2 Å². The Bertz CT molecular complexity index is 438. The molecule has 1 aliphatic rings. The highest BCUT2D eigenvalue weighted by molar-refractivity contribution is 6.21. The fraction of sp³-hybridized carbons (Fsp3) is 0.385. The van der Waals surface area contributed by atoms with Gasteiger partial charge in [0.25, 0.3) is 11.8 Å². The third-order valence-electron chi connectivity index (χ3n) is 2.85. The molecular formula is C13H14NO2. The van der Waals surface area contributed by atoms with Crippen molar-refractivity contribution in [3.05, 3.63) is 34.9 Å². The number of unbranched alkanes of at least 4 members (excludes halogenated alkanes) is 2. The fourth-order valence-corrected chi connectivity index (χ4v) is 2.01. The number of amides is 2. The van der Waals surface area contributed by atoms with E-state index in [1.807, 2.05) is 12.1 Å². The Morgan fingerprint density at radius 3 is 2.69 bits per heavy atom. The summed E-state index contributed by atoms with van der Waals surface area (Å²) in [5.41, 5.74) is 1.97. The van der Waals surface area contributed by atoms with Gasteiger partial charge >= 0.3 is 0 Å². The molecule has 2 rings (SSSR count). The molecule has 0 unspecified atom stereocenters. The maximum Gasteiger partial charge on any atom is 0.281 e. The van der Waals surface area contributed by atoms with Crippen LogP contribution in [0.2, 0.25) is 0 Å². The predicted molar refractivity (Wildman–Crippen MR) is 60.5 cm³/mol. The fourth-order valence-electron chi connectivity index (χ4n) is 2.01. The molecule has 16 heavy (non-hydrogen) atoms. The van der Waals surface area contributed by atoms with Crippen molar-refractivity contribution in [1.29, 1.82) is 0 Å². The number of fused-ring (bicyclic) bond motifs is 1. The number of nitrogens with zero attached hydrogens (tertiary/aromatic N) is 1. The van der Waals surface area contributed by atoms with E-state index in [1.54, 1.807) is 6.07 Å². The molecule has 2 amide bonds. The van der Waals surface area contributed by atoms with Gasteiger partial charge in [-0.05, 0) is 24.5 Å². The summed E-state index contributed by atoms with van der Waals surface area (Å²) in [4.78, 5) is 22.9. The number of imide groups is 1. The second-order valence-electron chi connectivity index (χ2n) is 4.02. The average Bonchev–Trinajstić information content (AvgIpc) is 2.56. The molecule has 1 radical (unpaired) electrons. The molecule has 1 aliphatic heterocycles. The van der Waals surface area contributed by atoms with Crippen LogP contribution in [0, 0.1) is 0 Å². The second kappa shape index (κ2) is 4.47. The van der Waals surface area contributed by atoms with Gasteiger partial charge in [0.15, 0.2) is 0 Å². The summed E-state index contributed by atoms with van der Waals surface area (Å²) in [7, 11) is 0. The summed E-state index contributed by atoms with van der Waals surface area (Å²) in [5, 5.41) is 3.47. The first-order valence-corrected chi connectivity index (χ1v) is 5.66. The first-order chi connectivity index (χ1) is 7.74. The van der Waals surface area contributed by atoms with Crippen LogP contribution in [0.25, 0.3) is 0 Å². The molecule has 0 N–H and O–H groups in total. The summed E-state index contributed by atoms with van der Waals surface area (Å²) in [6.45, 7) is 2.14. The lowest BCUT2D eigenvalue weighted by atomic mass is 9.98. The van der Waals surface area contributed by atoms with E-state index < -0.39 is 5.91 Å². The smallest absolute Gasteiger partial charge is 0.267 e. The number of hydrogen-bond donors (Lipinski definition) is 0. The van der Waals surface area contributed by atoms with Crippen molar-refractivity contribution in [2.45, 2.75) is 32.6 Å². The molecule has 0 saturated carbocycles. The van der Waals surface area contributed by atoms with Crippen LogP contribution in [0.3, 0.4) is 0 Å². The third-order valence-corrected chi connectivity index (χ3v) is 2.85. The maximum absolute atomic E-state index is 11.5. The Hall–Kier alpha value is -1.64. The molecule has 1 aromatic carbocycles. The van der Waals surface area contributed by atoms with Crippen LogP contribution in [0.4, 0.5) is 0 Å². The first-order valence-electron chi connectivity index (χ1n) is 5.66. The molecule has 0 aliphatic carbocycles.